The Kier molecular flexibility index (Phi) is 5.43. The number of benzene rings is 1. The molecular formula is C17H24N2O5S. The lowest BCUT2D eigenvalue weighted by Crippen LogP contribution is -2.41. The zero-order valence-corrected chi connectivity index (χ0v) is 14.9. The third-order valence-corrected chi connectivity index (χ3v) is 6.71. The Morgan fingerprint density at radius 1 is 1.24 bits per heavy atom. The summed E-state index contributed by atoms with van der Waals surface area (Å²) in [5.74, 6) is -0.376. The summed E-state index contributed by atoms with van der Waals surface area (Å²) in [7, 11) is -3.64. The Bertz CT molecular complexity index is 722. The molecule has 0 spiro atoms. The predicted molar refractivity (Wildman–Crippen MR) is 91.8 cm³/mol. The number of morpholine rings is 1. The third-order valence-electron chi connectivity index (χ3n) is 4.82. The van der Waals surface area contributed by atoms with Gasteiger partial charge >= 0.3 is 0 Å². The molecule has 1 aromatic rings. The summed E-state index contributed by atoms with van der Waals surface area (Å²) >= 11 is 0. The number of nitrogens with zero attached hydrogens (tertiary/aromatic N) is 1. The number of aliphatic hydroxyl groups is 1. The van der Waals surface area contributed by atoms with E-state index in [-0.39, 0.29) is 22.9 Å². The van der Waals surface area contributed by atoms with Gasteiger partial charge in [-0.3, -0.25) is 4.79 Å². The molecule has 2 N–H and O–H groups in total. The van der Waals surface area contributed by atoms with Crippen LogP contribution in [0.1, 0.15) is 36.0 Å². The molecule has 0 atom stereocenters. The molecule has 0 radical (unpaired) electrons. The van der Waals surface area contributed by atoms with Crippen molar-refractivity contribution in [3.05, 3.63) is 29.8 Å². The number of ether oxygens (including phenoxy) is 1. The Morgan fingerprint density at radius 3 is 2.60 bits per heavy atom. The van der Waals surface area contributed by atoms with Gasteiger partial charge < -0.3 is 15.2 Å². The minimum absolute atomic E-state index is 0.0987. The molecule has 2 aliphatic rings. The zero-order chi connectivity index (χ0) is 17.9. The fraction of sp³-hybridized carbons (Fsp3) is 0.588. The van der Waals surface area contributed by atoms with E-state index < -0.39 is 15.6 Å². The minimum atomic E-state index is -3.64. The molecule has 8 heteroatoms. The molecule has 0 bridgehead atoms. The smallest absolute Gasteiger partial charge is 0.251 e. The summed E-state index contributed by atoms with van der Waals surface area (Å²) in [4.78, 5) is 12.4. The highest BCUT2D eigenvalue weighted by molar-refractivity contribution is 7.89. The van der Waals surface area contributed by atoms with Crippen LogP contribution >= 0.6 is 0 Å². The largest absolute Gasteiger partial charge is 0.388 e. The molecule has 1 aromatic carbocycles. The van der Waals surface area contributed by atoms with Crippen molar-refractivity contribution in [2.45, 2.75) is 36.2 Å². The summed E-state index contributed by atoms with van der Waals surface area (Å²) in [5, 5.41) is 13.0. The maximum Gasteiger partial charge on any atom is 0.251 e. The number of sulfonamides is 1. The number of amides is 1. The Balaban J connectivity index is 1.71. The lowest BCUT2D eigenvalue weighted by atomic mass is 10.0. The molecule has 7 nitrogen and oxygen atoms in total. The van der Waals surface area contributed by atoms with Crippen molar-refractivity contribution in [2.75, 3.05) is 32.8 Å². The van der Waals surface area contributed by atoms with Gasteiger partial charge in [-0.2, -0.15) is 4.31 Å². The molecule has 3 rings (SSSR count). The first-order valence-electron chi connectivity index (χ1n) is 8.59. The topological polar surface area (TPSA) is 95.9 Å². The Morgan fingerprint density at radius 2 is 1.92 bits per heavy atom. The standard InChI is InChI=1S/C17H24N2O5S/c20-16(18-13-17(21)6-1-2-7-17)14-4-3-5-15(12-14)25(22,23)19-8-10-24-11-9-19/h3-5,12,21H,1-2,6-11,13H2,(H,18,20). The van der Waals surface area contributed by atoms with Crippen LogP contribution in [0.5, 0.6) is 0 Å². The molecule has 138 valence electrons. The molecule has 1 heterocycles. The quantitative estimate of drug-likeness (QED) is 0.799. The second kappa shape index (κ2) is 7.41. The van der Waals surface area contributed by atoms with Crippen LogP contribution in [0.15, 0.2) is 29.2 Å². The van der Waals surface area contributed by atoms with Crippen molar-refractivity contribution >= 4 is 15.9 Å². The summed E-state index contributed by atoms with van der Waals surface area (Å²) in [6.07, 6.45) is 3.27. The van der Waals surface area contributed by atoms with E-state index in [0.29, 0.717) is 39.1 Å². The summed E-state index contributed by atoms with van der Waals surface area (Å²) < 4.78 is 31.9. The fourth-order valence-corrected chi connectivity index (χ4v) is 4.74. The van der Waals surface area contributed by atoms with E-state index >= 15 is 0 Å². The van der Waals surface area contributed by atoms with Crippen LogP contribution in [0, 0.1) is 0 Å². The lowest BCUT2D eigenvalue weighted by molar-refractivity contribution is 0.0449. The maximum absolute atomic E-state index is 12.7. The van der Waals surface area contributed by atoms with Gasteiger partial charge in [-0.25, -0.2) is 8.42 Å². The summed E-state index contributed by atoms with van der Waals surface area (Å²) in [6.45, 7) is 1.56. The molecule has 0 aromatic heterocycles. The number of hydrogen-bond acceptors (Lipinski definition) is 5. The van der Waals surface area contributed by atoms with Gasteiger partial charge in [0.25, 0.3) is 5.91 Å². The first-order chi connectivity index (χ1) is 11.9. The van der Waals surface area contributed by atoms with Crippen molar-refractivity contribution in [1.29, 1.82) is 0 Å². The maximum atomic E-state index is 12.7. The molecular weight excluding hydrogens is 344 g/mol. The highest BCUT2D eigenvalue weighted by Gasteiger charge is 2.31. The van der Waals surface area contributed by atoms with Gasteiger partial charge in [0.05, 0.1) is 23.7 Å². The van der Waals surface area contributed by atoms with Crippen LogP contribution in [0.4, 0.5) is 0 Å². The van der Waals surface area contributed by atoms with Crippen molar-refractivity contribution in [2.24, 2.45) is 0 Å². The normalized spacial score (nSPS) is 21.2. The van der Waals surface area contributed by atoms with E-state index in [2.05, 4.69) is 5.32 Å². The number of carbonyl (C=O) groups excluding carboxylic acids is 1. The molecule has 25 heavy (non-hydrogen) atoms. The van der Waals surface area contributed by atoms with E-state index in [1.165, 1.54) is 16.4 Å². The fourth-order valence-electron chi connectivity index (χ4n) is 3.29. The molecule has 1 saturated heterocycles. The van der Waals surface area contributed by atoms with E-state index in [1.807, 2.05) is 0 Å². The van der Waals surface area contributed by atoms with Crippen molar-refractivity contribution in [3.8, 4) is 0 Å². The van der Waals surface area contributed by atoms with Crippen LogP contribution in [-0.2, 0) is 14.8 Å². The second-order valence-corrected chi connectivity index (χ2v) is 8.60. The Labute approximate surface area is 148 Å². The van der Waals surface area contributed by atoms with Crippen molar-refractivity contribution in [1.82, 2.24) is 9.62 Å². The average Bonchev–Trinajstić information content (AvgIpc) is 3.07. The average molecular weight is 368 g/mol. The lowest BCUT2D eigenvalue weighted by Gasteiger charge is -2.26. The second-order valence-electron chi connectivity index (χ2n) is 6.66. The highest BCUT2D eigenvalue weighted by atomic mass is 32.2. The third kappa shape index (κ3) is 4.20. The number of hydrogen-bond donors (Lipinski definition) is 2. The predicted octanol–water partition coefficient (Wildman–Crippen LogP) is 0.742. The van der Waals surface area contributed by atoms with E-state index in [1.54, 1.807) is 12.1 Å². The Hall–Kier alpha value is -1.48. The zero-order valence-electron chi connectivity index (χ0n) is 14.1. The summed E-state index contributed by atoms with van der Waals surface area (Å²) in [6, 6.07) is 6.02. The number of carbonyl (C=O) groups is 1. The van der Waals surface area contributed by atoms with Crippen LogP contribution in [0.25, 0.3) is 0 Å². The molecule has 0 unspecified atom stereocenters. The molecule has 1 saturated carbocycles. The van der Waals surface area contributed by atoms with E-state index in [0.717, 1.165) is 12.8 Å². The van der Waals surface area contributed by atoms with Gasteiger partial charge in [-0.15, -0.1) is 0 Å². The van der Waals surface area contributed by atoms with Gasteiger partial charge in [0.1, 0.15) is 0 Å². The summed E-state index contributed by atoms with van der Waals surface area (Å²) in [5.41, 5.74) is -0.566. The van der Waals surface area contributed by atoms with Gasteiger partial charge in [0, 0.05) is 25.2 Å². The monoisotopic (exact) mass is 368 g/mol. The van der Waals surface area contributed by atoms with Crippen LogP contribution in [0.3, 0.4) is 0 Å². The van der Waals surface area contributed by atoms with Gasteiger partial charge in [0.15, 0.2) is 0 Å². The SMILES string of the molecule is O=C(NCC1(O)CCCC1)c1cccc(S(=O)(=O)N2CCOCC2)c1. The molecule has 1 aliphatic carbocycles. The first kappa shape index (κ1) is 18.3. The van der Waals surface area contributed by atoms with Crippen LogP contribution < -0.4 is 5.32 Å². The van der Waals surface area contributed by atoms with Gasteiger partial charge in [0.2, 0.25) is 10.0 Å². The first-order valence-corrected chi connectivity index (χ1v) is 10.0. The van der Waals surface area contributed by atoms with E-state index in [4.69, 9.17) is 4.74 Å². The van der Waals surface area contributed by atoms with Gasteiger partial charge in [-0.05, 0) is 31.0 Å². The highest BCUT2D eigenvalue weighted by Crippen LogP contribution is 2.28. The van der Waals surface area contributed by atoms with Gasteiger partial charge in [-0.1, -0.05) is 18.9 Å². The van der Waals surface area contributed by atoms with Crippen molar-refractivity contribution in [3.63, 3.8) is 0 Å². The van der Waals surface area contributed by atoms with Crippen LogP contribution in [-0.4, -0.2) is 62.2 Å². The molecule has 1 aliphatic heterocycles. The number of rotatable bonds is 5. The molecule has 2 fully saturated rings. The number of nitrogens with one attached hydrogen (secondary N) is 1. The minimum Gasteiger partial charge on any atom is -0.388 e. The molecule has 1 amide bonds. The van der Waals surface area contributed by atoms with E-state index in [9.17, 15) is 18.3 Å². The van der Waals surface area contributed by atoms with Crippen molar-refractivity contribution < 1.29 is 23.1 Å². The van der Waals surface area contributed by atoms with Crippen LogP contribution in [0.2, 0.25) is 0 Å².